The summed E-state index contributed by atoms with van der Waals surface area (Å²) in [6, 6.07) is 15.9. The molecule has 2 aliphatic heterocycles. The Balaban J connectivity index is 0.00000231. The number of halogens is 1. The number of anilines is 1. The Morgan fingerprint density at radius 2 is 1.45 bits per heavy atom. The number of amides is 2. The Morgan fingerprint density at radius 3 is 2.16 bits per heavy atom. The van der Waals surface area contributed by atoms with Gasteiger partial charge in [0, 0.05) is 48.5 Å². The zero-order valence-electron chi connectivity index (χ0n) is 17.3. The SMILES string of the molecule is Cl.O=C1c2ccccc2C(=O)N1CCCCN1CCN(c2cccc3sccc23)CC1. The van der Waals surface area contributed by atoms with Crippen molar-refractivity contribution in [3.8, 4) is 0 Å². The summed E-state index contributed by atoms with van der Waals surface area (Å²) in [4.78, 5) is 31.3. The largest absolute Gasteiger partial charge is 0.368 e. The van der Waals surface area contributed by atoms with E-state index in [1.807, 2.05) is 12.1 Å². The van der Waals surface area contributed by atoms with Gasteiger partial charge in [-0.05, 0) is 55.1 Å². The molecule has 0 aliphatic carbocycles. The van der Waals surface area contributed by atoms with Crippen LogP contribution in [0.25, 0.3) is 10.1 Å². The van der Waals surface area contributed by atoms with E-state index < -0.39 is 0 Å². The number of hydrogen-bond donors (Lipinski definition) is 0. The molecule has 0 spiro atoms. The van der Waals surface area contributed by atoms with E-state index in [0.717, 1.165) is 45.6 Å². The molecule has 7 heteroatoms. The molecule has 31 heavy (non-hydrogen) atoms. The lowest BCUT2D eigenvalue weighted by Gasteiger charge is -2.36. The van der Waals surface area contributed by atoms with Crippen LogP contribution in [-0.2, 0) is 0 Å². The lowest BCUT2D eigenvalue weighted by atomic mass is 10.1. The van der Waals surface area contributed by atoms with Gasteiger partial charge in [-0.15, -0.1) is 23.7 Å². The Kier molecular flexibility index (Phi) is 6.60. The van der Waals surface area contributed by atoms with Crippen LogP contribution in [0.4, 0.5) is 5.69 Å². The summed E-state index contributed by atoms with van der Waals surface area (Å²) in [6.07, 6.45) is 1.84. The molecule has 1 aromatic heterocycles. The summed E-state index contributed by atoms with van der Waals surface area (Å²) in [7, 11) is 0. The van der Waals surface area contributed by atoms with E-state index in [9.17, 15) is 9.59 Å². The first-order valence-corrected chi connectivity index (χ1v) is 11.5. The monoisotopic (exact) mass is 455 g/mol. The number of hydrogen-bond acceptors (Lipinski definition) is 5. The van der Waals surface area contributed by atoms with Gasteiger partial charge in [-0.1, -0.05) is 18.2 Å². The fourth-order valence-corrected chi connectivity index (χ4v) is 5.32. The van der Waals surface area contributed by atoms with Crippen molar-refractivity contribution in [2.75, 3.05) is 44.2 Å². The second kappa shape index (κ2) is 9.39. The van der Waals surface area contributed by atoms with Crippen LogP contribution in [0.1, 0.15) is 33.6 Å². The van der Waals surface area contributed by atoms with Crippen molar-refractivity contribution in [2.24, 2.45) is 0 Å². The van der Waals surface area contributed by atoms with Crippen LogP contribution in [0.5, 0.6) is 0 Å². The lowest BCUT2D eigenvalue weighted by Crippen LogP contribution is -2.46. The molecular weight excluding hydrogens is 430 g/mol. The van der Waals surface area contributed by atoms with Crippen LogP contribution < -0.4 is 4.90 Å². The van der Waals surface area contributed by atoms with Gasteiger partial charge in [-0.25, -0.2) is 0 Å². The number of nitrogens with zero attached hydrogens (tertiary/aromatic N) is 3. The third-order valence-corrected chi connectivity index (χ3v) is 7.05. The van der Waals surface area contributed by atoms with Gasteiger partial charge in [0.15, 0.2) is 0 Å². The number of rotatable bonds is 6. The minimum absolute atomic E-state index is 0. The number of imide groups is 1. The topological polar surface area (TPSA) is 43.9 Å². The average Bonchev–Trinajstić information content (AvgIpc) is 3.36. The molecule has 0 saturated carbocycles. The number of benzene rings is 2. The number of carbonyl (C=O) groups is 2. The summed E-state index contributed by atoms with van der Waals surface area (Å²) in [6.45, 7) is 5.69. The number of carbonyl (C=O) groups excluding carboxylic acids is 2. The first-order valence-electron chi connectivity index (χ1n) is 10.6. The molecule has 162 valence electrons. The van der Waals surface area contributed by atoms with Crippen LogP contribution in [0.15, 0.2) is 53.9 Å². The minimum Gasteiger partial charge on any atom is -0.368 e. The maximum absolute atomic E-state index is 12.4. The second-order valence-corrected chi connectivity index (χ2v) is 8.90. The van der Waals surface area contributed by atoms with Gasteiger partial charge in [-0.2, -0.15) is 0 Å². The van der Waals surface area contributed by atoms with Crippen LogP contribution in [0.3, 0.4) is 0 Å². The van der Waals surface area contributed by atoms with Crippen molar-refractivity contribution in [3.63, 3.8) is 0 Å². The molecule has 3 heterocycles. The first kappa shape index (κ1) is 21.8. The Morgan fingerprint density at radius 1 is 0.774 bits per heavy atom. The van der Waals surface area contributed by atoms with Gasteiger partial charge >= 0.3 is 0 Å². The smallest absolute Gasteiger partial charge is 0.261 e. The fourth-order valence-electron chi connectivity index (χ4n) is 4.51. The van der Waals surface area contributed by atoms with Crippen molar-refractivity contribution in [3.05, 3.63) is 65.0 Å². The van der Waals surface area contributed by atoms with E-state index >= 15 is 0 Å². The highest BCUT2D eigenvalue weighted by molar-refractivity contribution is 7.17. The molecule has 2 aliphatic rings. The predicted molar refractivity (Wildman–Crippen MR) is 129 cm³/mol. The molecule has 0 radical (unpaired) electrons. The highest BCUT2D eigenvalue weighted by Crippen LogP contribution is 2.31. The number of unbranched alkanes of at least 4 members (excludes halogenated alkanes) is 1. The first-order chi connectivity index (χ1) is 14.7. The molecule has 0 atom stereocenters. The standard InChI is InChI=1S/C24H25N3O2S.ClH/c28-23-18-6-1-2-7-19(18)24(29)27(23)12-4-3-11-25-13-15-26(16-14-25)21-8-5-9-22-20(21)10-17-30-22;/h1-2,5-10,17H,3-4,11-16H2;1H. The van der Waals surface area contributed by atoms with Crippen molar-refractivity contribution >= 4 is 51.3 Å². The maximum atomic E-state index is 12.4. The van der Waals surface area contributed by atoms with Crippen molar-refractivity contribution in [1.82, 2.24) is 9.80 Å². The highest BCUT2D eigenvalue weighted by Gasteiger charge is 2.34. The van der Waals surface area contributed by atoms with Crippen LogP contribution in [0, 0.1) is 0 Å². The third kappa shape index (κ3) is 4.20. The molecule has 1 saturated heterocycles. The molecule has 0 N–H and O–H groups in total. The van der Waals surface area contributed by atoms with Crippen molar-refractivity contribution in [2.45, 2.75) is 12.8 Å². The van der Waals surface area contributed by atoms with Gasteiger partial charge in [0.25, 0.3) is 11.8 Å². The van der Waals surface area contributed by atoms with Crippen molar-refractivity contribution in [1.29, 1.82) is 0 Å². The van der Waals surface area contributed by atoms with Crippen LogP contribution >= 0.6 is 23.7 Å². The summed E-state index contributed by atoms with van der Waals surface area (Å²) in [5, 5.41) is 3.52. The molecule has 1 fully saturated rings. The number of fused-ring (bicyclic) bond motifs is 2. The zero-order chi connectivity index (χ0) is 20.5. The van der Waals surface area contributed by atoms with E-state index in [1.165, 1.54) is 20.7 Å². The summed E-state index contributed by atoms with van der Waals surface area (Å²) in [5.41, 5.74) is 2.43. The van der Waals surface area contributed by atoms with Gasteiger partial charge in [-0.3, -0.25) is 19.4 Å². The number of piperazine rings is 1. The third-order valence-electron chi connectivity index (χ3n) is 6.17. The Labute approximate surface area is 192 Å². The van der Waals surface area contributed by atoms with E-state index in [2.05, 4.69) is 39.4 Å². The normalized spacial score (nSPS) is 16.6. The van der Waals surface area contributed by atoms with Gasteiger partial charge in [0.05, 0.1) is 11.1 Å². The molecular formula is C24H26ClN3O2S. The Hall–Kier alpha value is -2.41. The molecule has 5 rings (SSSR count). The van der Waals surface area contributed by atoms with E-state index in [0.29, 0.717) is 17.7 Å². The van der Waals surface area contributed by atoms with E-state index in [1.54, 1.807) is 23.5 Å². The molecule has 5 nitrogen and oxygen atoms in total. The quantitative estimate of drug-likeness (QED) is 0.405. The van der Waals surface area contributed by atoms with Crippen LogP contribution in [-0.4, -0.2) is 60.9 Å². The zero-order valence-corrected chi connectivity index (χ0v) is 19.0. The summed E-state index contributed by atoms with van der Waals surface area (Å²) >= 11 is 1.80. The van der Waals surface area contributed by atoms with Gasteiger partial charge in [0.2, 0.25) is 0 Å². The minimum atomic E-state index is -0.146. The predicted octanol–water partition coefficient (Wildman–Crippen LogP) is 4.52. The molecule has 0 bridgehead atoms. The van der Waals surface area contributed by atoms with E-state index in [-0.39, 0.29) is 24.2 Å². The lowest BCUT2D eigenvalue weighted by molar-refractivity contribution is 0.0650. The van der Waals surface area contributed by atoms with E-state index in [4.69, 9.17) is 0 Å². The molecule has 2 amide bonds. The fraction of sp³-hybridized carbons (Fsp3) is 0.333. The second-order valence-electron chi connectivity index (χ2n) is 7.95. The Bertz CT molecular complexity index is 1060. The maximum Gasteiger partial charge on any atom is 0.261 e. The highest BCUT2D eigenvalue weighted by atomic mass is 35.5. The molecule has 0 unspecified atom stereocenters. The van der Waals surface area contributed by atoms with Gasteiger partial charge < -0.3 is 4.90 Å². The summed E-state index contributed by atoms with van der Waals surface area (Å²) in [5.74, 6) is -0.293. The average molecular weight is 456 g/mol. The molecule has 3 aromatic rings. The molecule has 2 aromatic carbocycles. The van der Waals surface area contributed by atoms with Crippen LogP contribution in [0.2, 0.25) is 0 Å². The van der Waals surface area contributed by atoms with Gasteiger partial charge in [0.1, 0.15) is 0 Å². The van der Waals surface area contributed by atoms with Crippen molar-refractivity contribution < 1.29 is 9.59 Å². The summed E-state index contributed by atoms with van der Waals surface area (Å²) < 4.78 is 1.35. The number of thiophene rings is 1.